The maximum atomic E-state index is 12.2. The van der Waals surface area contributed by atoms with Crippen LogP contribution in [0.5, 0.6) is 5.75 Å². The summed E-state index contributed by atoms with van der Waals surface area (Å²) in [5, 5.41) is 6.12. The second-order valence-electron chi connectivity index (χ2n) is 8.26. The first-order valence-electron chi connectivity index (χ1n) is 11.8. The van der Waals surface area contributed by atoms with Crippen molar-refractivity contribution < 1.29 is 14.3 Å². The molecule has 0 bridgehead atoms. The summed E-state index contributed by atoms with van der Waals surface area (Å²) in [4.78, 5) is 23.5. The van der Waals surface area contributed by atoms with Crippen LogP contribution in [0.25, 0.3) is 11.3 Å². The Hall–Kier alpha value is -4.43. The van der Waals surface area contributed by atoms with Gasteiger partial charge in [0.2, 0.25) is 5.95 Å². The standard InChI is InChI=1S/C28H27N5O3/c34-27(20-36-25-4-2-1-3-5-25)30-22-8-6-21(7-9-22)26-14-15-29-28(32-26)31-23-10-12-24(13-11-23)33-16-18-35-19-17-33/h1-15H,16-20H2,(H,30,34)(H,29,31,32). The summed E-state index contributed by atoms with van der Waals surface area (Å²) in [5.74, 6) is 0.950. The summed E-state index contributed by atoms with van der Waals surface area (Å²) in [7, 11) is 0. The van der Waals surface area contributed by atoms with Crippen molar-refractivity contribution in [2.45, 2.75) is 0 Å². The van der Waals surface area contributed by atoms with Crippen molar-refractivity contribution >= 4 is 28.9 Å². The number of ether oxygens (including phenoxy) is 2. The van der Waals surface area contributed by atoms with Gasteiger partial charge in [0, 0.05) is 41.9 Å². The van der Waals surface area contributed by atoms with Crippen LogP contribution in [0.4, 0.5) is 23.0 Å². The molecule has 0 atom stereocenters. The minimum absolute atomic E-state index is 0.0554. The highest BCUT2D eigenvalue weighted by Gasteiger charge is 2.11. The fraction of sp³-hybridized carbons (Fsp3) is 0.179. The van der Waals surface area contributed by atoms with E-state index in [2.05, 4.69) is 37.6 Å². The molecule has 0 unspecified atom stereocenters. The Labute approximate surface area is 209 Å². The Morgan fingerprint density at radius 1 is 0.889 bits per heavy atom. The first kappa shape index (κ1) is 23.3. The van der Waals surface area contributed by atoms with Crippen LogP contribution in [-0.2, 0) is 9.53 Å². The molecule has 1 aliphatic heterocycles. The van der Waals surface area contributed by atoms with Gasteiger partial charge in [0.05, 0.1) is 18.9 Å². The van der Waals surface area contributed by atoms with E-state index in [1.165, 1.54) is 5.69 Å². The fourth-order valence-electron chi connectivity index (χ4n) is 3.87. The topological polar surface area (TPSA) is 88.6 Å². The normalized spacial score (nSPS) is 13.2. The molecule has 1 aromatic heterocycles. The molecule has 36 heavy (non-hydrogen) atoms. The molecule has 5 rings (SSSR count). The number of amides is 1. The van der Waals surface area contributed by atoms with Crippen LogP contribution in [0.2, 0.25) is 0 Å². The predicted octanol–water partition coefficient (Wildman–Crippen LogP) is 4.74. The van der Waals surface area contributed by atoms with E-state index in [4.69, 9.17) is 9.47 Å². The minimum atomic E-state index is -0.222. The maximum absolute atomic E-state index is 12.2. The lowest BCUT2D eigenvalue weighted by molar-refractivity contribution is -0.118. The van der Waals surface area contributed by atoms with E-state index in [9.17, 15) is 4.79 Å². The van der Waals surface area contributed by atoms with Crippen molar-refractivity contribution in [3.63, 3.8) is 0 Å². The Morgan fingerprint density at radius 3 is 2.36 bits per heavy atom. The molecule has 182 valence electrons. The Bertz CT molecular complexity index is 1270. The van der Waals surface area contributed by atoms with Gasteiger partial charge in [-0.25, -0.2) is 9.97 Å². The van der Waals surface area contributed by atoms with Crippen molar-refractivity contribution in [3.05, 3.63) is 91.1 Å². The number of carbonyl (C=O) groups excluding carboxylic acids is 1. The molecule has 1 amide bonds. The van der Waals surface area contributed by atoms with Crippen molar-refractivity contribution in [3.8, 4) is 17.0 Å². The van der Waals surface area contributed by atoms with Crippen LogP contribution in [0.15, 0.2) is 91.1 Å². The number of anilines is 4. The summed E-state index contributed by atoms with van der Waals surface area (Å²) in [6.07, 6.45) is 1.73. The molecule has 0 saturated carbocycles. The summed E-state index contributed by atoms with van der Waals surface area (Å²) in [6.45, 7) is 3.27. The van der Waals surface area contributed by atoms with E-state index in [0.29, 0.717) is 17.4 Å². The molecule has 0 spiro atoms. The van der Waals surface area contributed by atoms with Gasteiger partial charge in [-0.05, 0) is 54.6 Å². The van der Waals surface area contributed by atoms with Crippen LogP contribution < -0.4 is 20.3 Å². The number of hydrogen-bond donors (Lipinski definition) is 2. The molecule has 0 radical (unpaired) electrons. The lowest BCUT2D eigenvalue weighted by Crippen LogP contribution is -2.36. The van der Waals surface area contributed by atoms with E-state index in [1.807, 2.05) is 72.8 Å². The van der Waals surface area contributed by atoms with Crippen LogP contribution >= 0.6 is 0 Å². The van der Waals surface area contributed by atoms with Gasteiger partial charge in [0.25, 0.3) is 5.91 Å². The number of hydrogen-bond acceptors (Lipinski definition) is 7. The second kappa shape index (κ2) is 11.3. The van der Waals surface area contributed by atoms with Crippen molar-refractivity contribution in [1.82, 2.24) is 9.97 Å². The Kier molecular flexibility index (Phi) is 7.34. The van der Waals surface area contributed by atoms with Gasteiger partial charge in [-0.1, -0.05) is 30.3 Å². The van der Waals surface area contributed by atoms with E-state index in [1.54, 1.807) is 6.20 Å². The van der Waals surface area contributed by atoms with Gasteiger partial charge >= 0.3 is 0 Å². The van der Waals surface area contributed by atoms with Crippen molar-refractivity contribution in [2.75, 3.05) is 48.4 Å². The van der Waals surface area contributed by atoms with Crippen molar-refractivity contribution in [1.29, 1.82) is 0 Å². The summed E-state index contributed by atoms with van der Waals surface area (Å²) in [6, 6.07) is 26.9. The third-order valence-electron chi connectivity index (χ3n) is 5.73. The third kappa shape index (κ3) is 6.17. The van der Waals surface area contributed by atoms with Gasteiger partial charge in [-0.3, -0.25) is 4.79 Å². The number of benzene rings is 3. The largest absolute Gasteiger partial charge is 0.484 e. The van der Waals surface area contributed by atoms with Crippen molar-refractivity contribution in [2.24, 2.45) is 0 Å². The molecule has 8 heteroatoms. The van der Waals surface area contributed by atoms with E-state index in [0.717, 1.165) is 43.2 Å². The predicted molar refractivity (Wildman–Crippen MR) is 141 cm³/mol. The van der Waals surface area contributed by atoms with Crippen LogP contribution in [0.3, 0.4) is 0 Å². The molecular weight excluding hydrogens is 454 g/mol. The van der Waals surface area contributed by atoms with E-state index >= 15 is 0 Å². The fourth-order valence-corrected chi connectivity index (χ4v) is 3.87. The summed E-state index contributed by atoms with van der Waals surface area (Å²) < 4.78 is 10.9. The van der Waals surface area contributed by atoms with Gasteiger partial charge < -0.3 is 25.0 Å². The van der Waals surface area contributed by atoms with Crippen LogP contribution in [0, 0.1) is 0 Å². The summed E-state index contributed by atoms with van der Waals surface area (Å²) >= 11 is 0. The Morgan fingerprint density at radius 2 is 1.61 bits per heavy atom. The van der Waals surface area contributed by atoms with Gasteiger partial charge in [-0.2, -0.15) is 0 Å². The molecule has 3 aromatic carbocycles. The zero-order chi connectivity index (χ0) is 24.6. The zero-order valence-corrected chi connectivity index (χ0v) is 19.8. The molecule has 1 saturated heterocycles. The number of nitrogens with zero attached hydrogens (tertiary/aromatic N) is 3. The molecule has 2 N–H and O–H groups in total. The zero-order valence-electron chi connectivity index (χ0n) is 19.8. The van der Waals surface area contributed by atoms with E-state index < -0.39 is 0 Å². The smallest absolute Gasteiger partial charge is 0.262 e. The minimum Gasteiger partial charge on any atom is -0.484 e. The van der Waals surface area contributed by atoms with Gasteiger partial charge in [-0.15, -0.1) is 0 Å². The van der Waals surface area contributed by atoms with Crippen LogP contribution in [0.1, 0.15) is 0 Å². The molecular formula is C28H27N5O3. The lowest BCUT2D eigenvalue weighted by Gasteiger charge is -2.28. The molecule has 2 heterocycles. The summed E-state index contributed by atoms with van der Waals surface area (Å²) in [5.41, 5.74) is 4.48. The maximum Gasteiger partial charge on any atom is 0.262 e. The number of aromatic nitrogens is 2. The van der Waals surface area contributed by atoms with Gasteiger partial charge in [0.15, 0.2) is 6.61 Å². The number of carbonyl (C=O) groups is 1. The Balaban J connectivity index is 1.18. The number of nitrogens with one attached hydrogen (secondary N) is 2. The first-order valence-corrected chi connectivity index (χ1v) is 11.8. The molecule has 0 aliphatic carbocycles. The second-order valence-corrected chi connectivity index (χ2v) is 8.26. The highest BCUT2D eigenvalue weighted by atomic mass is 16.5. The lowest BCUT2D eigenvalue weighted by atomic mass is 10.1. The molecule has 4 aromatic rings. The number of morpholine rings is 1. The quantitative estimate of drug-likeness (QED) is 0.376. The van der Waals surface area contributed by atoms with E-state index in [-0.39, 0.29) is 12.5 Å². The SMILES string of the molecule is O=C(COc1ccccc1)Nc1ccc(-c2ccnc(Nc3ccc(N4CCOCC4)cc3)n2)cc1. The van der Waals surface area contributed by atoms with Crippen LogP contribution in [-0.4, -0.2) is 48.8 Å². The number of rotatable bonds is 8. The highest BCUT2D eigenvalue weighted by Crippen LogP contribution is 2.23. The average molecular weight is 482 g/mol. The average Bonchev–Trinajstić information content (AvgIpc) is 2.94. The first-order chi connectivity index (χ1) is 17.7. The molecule has 8 nitrogen and oxygen atoms in total. The number of para-hydroxylation sites is 1. The third-order valence-corrected chi connectivity index (χ3v) is 5.73. The monoisotopic (exact) mass is 481 g/mol. The molecule has 1 aliphatic rings. The van der Waals surface area contributed by atoms with Gasteiger partial charge in [0.1, 0.15) is 5.75 Å². The highest BCUT2D eigenvalue weighted by molar-refractivity contribution is 5.92. The molecule has 1 fully saturated rings.